The molecule has 3 fully saturated rings. The highest BCUT2D eigenvalue weighted by Crippen LogP contribution is 2.34. The van der Waals surface area contributed by atoms with Crippen molar-refractivity contribution in [2.75, 3.05) is 32.8 Å². The first-order valence-electron chi connectivity index (χ1n) is 6.47. The SMILES string of the molecule is C1COCC(CN(CC2CC2)C2CC2)N1. The Balaban J connectivity index is 1.47. The van der Waals surface area contributed by atoms with Crippen molar-refractivity contribution >= 4 is 0 Å². The molecular formula is C12H22N2O. The molecule has 3 rings (SSSR count). The zero-order valence-electron chi connectivity index (χ0n) is 9.45. The average molecular weight is 210 g/mol. The van der Waals surface area contributed by atoms with Gasteiger partial charge in [0.2, 0.25) is 0 Å². The summed E-state index contributed by atoms with van der Waals surface area (Å²) in [6, 6.07) is 1.49. The Morgan fingerprint density at radius 3 is 2.60 bits per heavy atom. The maximum atomic E-state index is 5.51. The second-order valence-electron chi connectivity index (χ2n) is 5.35. The molecule has 2 aliphatic carbocycles. The summed E-state index contributed by atoms with van der Waals surface area (Å²) >= 11 is 0. The summed E-state index contributed by atoms with van der Waals surface area (Å²) in [6.45, 7) is 5.40. The van der Waals surface area contributed by atoms with Crippen LogP contribution in [0, 0.1) is 5.92 Å². The van der Waals surface area contributed by atoms with Crippen molar-refractivity contribution in [2.45, 2.75) is 37.8 Å². The van der Waals surface area contributed by atoms with Crippen LogP contribution in [0.1, 0.15) is 25.7 Å². The molecule has 0 spiro atoms. The standard InChI is InChI=1S/C12H22N2O/c1-2-10(1)7-14(12-3-4-12)8-11-9-15-6-5-13-11/h10-13H,1-9H2. The van der Waals surface area contributed by atoms with Crippen LogP contribution in [-0.2, 0) is 4.74 Å². The Morgan fingerprint density at radius 1 is 1.13 bits per heavy atom. The van der Waals surface area contributed by atoms with Crippen molar-refractivity contribution in [3.8, 4) is 0 Å². The molecule has 1 unspecified atom stereocenters. The third kappa shape index (κ3) is 2.92. The fourth-order valence-electron chi connectivity index (χ4n) is 2.46. The first-order chi connectivity index (χ1) is 7.42. The van der Waals surface area contributed by atoms with Crippen LogP contribution in [0.3, 0.4) is 0 Å². The van der Waals surface area contributed by atoms with Crippen LogP contribution in [0.25, 0.3) is 0 Å². The molecule has 0 aromatic carbocycles. The van der Waals surface area contributed by atoms with Crippen LogP contribution in [0.2, 0.25) is 0 Å². The van der Waals surface area contributed by atoms with Crippen LogP contribution < -0.4 is 5.32 Å². The molecule has 1 N–H and O–H groups in total. The zero-order chi connectivity index (χ0) is 10.1. The van der Waals surface area contributed by atoms with Crippen molar-refractivity contribution in [1.82, 2.24) is 10.2 Å². The van der Waals surface area contributed by atoms with Crippen molar-refractivity contribution in [3.63, 3.8) is 0 Å². The van der Waals surface area contributed by atoms with Gasteiger partial charge >= 0.3 is 0 Å². The number of nitrogens with zero attached hydrogens (tertiary/aromatic N) is 1. The monoisotopic (exact) mass is 210 g/mol. The minimum Gasteiger partial charge on any atom is -0.378 e. The highest BCUT2D eigenvalue weighted by Gasteiger charge is 2.34. The Kier molecular flexibility index (Phi) is 2.95. The Labute approximate surface area is 92.2 Å². The second kappa shape index (κ2) is 4.40. The van der Waals surface area contributed by atoms with E-state index in [1.165, 1.54) is 38.8 Å². The predicted octanol–water partition coefficient (Wildman–Crippen LogP) is 0.849. The fraction of sp³-hybridized carbons (Fsp3) is 1.00. The molecule has 0 amide bonds. The van der Waals surface area contributed by atoms with E-state index in [4.69, 9.17) is 4.74 Å². The van der Waals surface area contributed by atoms with Gasteiger partial charge in [-0.25, -0.2) is 0 Å². The van der Waals surface area contributed by atoms with Gasteiger partial charge in [0.15, 0.2) is 0 Å². The number of nitrogens with one attached hydrogen (secondary N) is 1. The van der Waals surface area contributed by atoms with E-state index in [0.29, 0.717) is 6.04 Å². The highest BCUT2D eigenvalue weighted by atomic mass is 16.5. The molecule has 3 nitrogen and oxygen atoms in total. The van der Waals surface area contributed by atoms with Crippen LogP contribution in [0.5, 0.6) is 0 Å². The van der Waals surface area contributed by atoms with Gasteiger partial charge in [0.1, 0.15) is 0 Å². The van der Waals surface area contributed by atoms with Gasteiger partial charge in [-0.1, -0.05) is 0 Å². The molecule has 0 bridgehead atoms. The molecule has 0 radical (unpaired) electrons. The summed E-state index contributed by atoms with van der Waals surface area (Å²) in [4.78, 5) is 2.71. The van der Waals surface area contributed by atoms with E-state index >= 15 is 0 Å². The number of ether oxygens (including phenoxy) is 1. The van der Waals surface area contributed by atoms with E-state index in [2.05, 4.69) is 10.2 Å². The van der Waals surface area contributed by atoms with Gasteiger partial charge in [0.25, 0.3) is 0 Å². The number of hydrogen-bond acceptors (Lipinski definition) is 3. The van der Waals surface area contributed by atoms with Crippen LogP contribution in [-0.4, -0.2) is 49.8 Å². The van der Waals surface area contributed by atoms with Crippen LogP contribution >= 0.6 is 0 Å². The van der Waals surface area contributed by atoms with Gasteiger partial charge in [-0.05, 0) is 31.6 Å². The lowest BCUT2D eigenvalue weighted by molar-refractivity contribution is 0.0598. The molecule has 1 aliphatic heterocycles. The third-order valence-corrected chi connectivity index (χ3v) is 3.71. The van der Waals surface area contributed by atoms with Crippen LogP contribution in [0.15, 0.2) is 0 Å². The van der Waals surface area contributed by atoms with Crippen molar-refractivity contribution in [1.29, 1.82) is 0 Å². The van der Waals surface area contributed by atoms with Gasteiger partial charge in [-0.3, -0.25) is 4.90 Å². The van der Waals surface area contributed by atoms with Crippen molar-refractivity contribution in [2.24, 2.45) is 5.92 Å². The average Bonchev–Trinajstić information content (AvgIpc) is 3.13. The normalized spacial score (nSPS) is 32.2. The largest absolute Gasteiger partial charge is 0.378 e. The molecular weight excluding hydrogens is 188 g/mol. The molecule has 0 aromatic heterocycles. The number of morpholine rings is 1. The molecule has 15 heavy (non-hydrogen) atoms. The fourth-order valence-corrected chi connectivity index (χ4v) is 2.46. The Hall–Kier alpha value is -0.120. The summed E-state index contributed by atoms with van der Waals surface area (Å²) in [5.74, 6) is 1.02. The smallest absolute Gasteiger partial charge is 0.0632 e. The van der Waals surface area contributed by atoms with E-state index in [-0.39, 0.29) is 0 Å². The molecule has 86 valence electrons. The Morgan fingerprint density at radius 2 is 2.00 bits per heavy atom. The van der Waals surface area contributed by atoms with E-state index in [1.54, 1.807) is 0 Å². The van der Waals surface area contributed by atoms with Crippen molar-refractivity contribution in [3.05, 3.63) is 0 Å². The predicted molar refractivity (Wildman–Crippen MR) is 59.9 cm³/mol. The topological polar surface area (TPSA) is 24.5 Å². The highest BCUT2D eigenvalue weighted by molar-refractivity contribution is 4.90. The maximum absolute atomic E-state index is 5.51. The summed E-state index contributed by atoms with van der Waals surface area (Å²) in [5.41, 5.74) is 0. The molecule has 1 saturated heterocycles. The summed E-state index contributed by atoms with van der Waals surface area (Å²) in [7, 11) is 0. The zero-order valence-corrected chi connectivity index (χ0v) is 9.45. The lowest BCUT2D eigenvalue weighted by Gasteiger charge is -2.30. The minimum absolute atomic E-state index is 0.582. The first-order valence-corrected chi connectivity index (χ1v) is 6.47. The summed E-state index contributed by atoms with van der Waals surface area (Å²) < 4.78 is 5.51. The maximum Gasteiger partial charge on any atom is 0.0632 e. The molecule has 3 aliphatic rings. The van der Waals surface area contributed by atoms with Crippen molar-refractivity contribution < 1.29 is 4.74 Å². The van der Waals surface area contributed by atoms with E-state index in [9.17, 15) is 0 Å². The molecule has 2 saturated carbocycles. The molecule has 3 heteroatoms. The van der Waals surface area contributed by atoms with Gasteiger partial charge in [-0.2, -0.15) is 0 Å². The van der Waals surface area contributed by atoms with E-state index < -0.39 is 0 Å². The van der Waals surface area contributed by atoms with Gasteiger partial charge in [0.05, 0.1) is 13.2 Å². The first kappa shape index (κ1) is 10.1. The number of rotatable bonds is 5. The van der Waals surface area contributed by atoms with Gasteiger partial charge < -0.3 is 10.1 Å². The molecule has 1 atom stereocenters. The van der Waals surface area contributed by atoms with Crippen LogP contribution in [0.4, 0.5) is 0 Å². The number of hydrogen-bond donors (Lipinski definition) is 1. The quantitative estimate of drug-likeness (QED) is 0.728. The summed E-state index contributed by atoms with van der Waals surface area (Å²) in [6.07, 6.45) is 5.80. The Bertz CT molecular complexity index is 208. The third-order valence-electron chi connectivity index (χ3n) is 3.71. The van der Waals surface area contributed by atoms with Gasteiger partial charge in [-0.15, -0.1) is 0 Å². The summed E-state index contributed by atoms with van der Waals surface area (Å²) in [5, 5.41) is 3.56. The van der Waals surface area contributed by atoms with E-state index in [1.807, 2.05) is 0 Å². The second-order valence-corrected chi connectivity index (χ2v) is 5.35. The molecule has 0 aromatic rings. The molecule has 1 heterocycles. The van der Waals surface area contributed by atoms with E-state index in [0.717, 1.165) is 31.7 Å². The lowest BCUT2D eigenvalue weighted by atomic mass is 10.2. The minimum atomic E-state index is 0.582. The van der Waals surface area contributed by atoms with Gasteiger partial charge in [0, 0.05) is 31.7 Å². The lowest BCUT2D eigenvalue weighted by Crippen LogP contribution is -2.49.